The third-order valence-electron chi connectivity index (χ3n) is 3.79. The van der Waals surface area contributed by atoms with Gasteiger partial charge in [-0.1, -0.05) is 0 Å². The molecule has 3 aromatic rings. The Labute approximate surface area is 163 Å². The summed E-state index contributed by atoms with van der Waals surface area (Å²) in [6.45, 7) is 4.04. The summed E-state index contributed by atoms with van der Waals surface area (Å²) in [7, 11) is 0. The molecule has 0 aliphatic heterocycles. The van der Waals surface area contributed by atoms with Crippen LogP contribution in [0.4, 0.5) is 19.3 Å². The van der Waals surface area contributed by atoms with E-state index in [9.17, 15) is 18.4 Å². The van der Waals surface area contributed by atoms with Crippen LogP contribution in [-0.4, -0.2) is 27.3 Å². The van der Waals surface area contributed by atoms with Crippen molar-refractivity contribution in [1.82, 2.24) is 20.1 Å². The second-order valence-electron chi connectivity index (χ2n) is 5.94. The van der Waals surface area contributed by atoms with E-state index >= 15 is 0 Å². The number of carbonyl (C=O) groups excluding carboxylic acids is 1. The van der Waals surface area contributed by atoms with E-state index in [0.717, 1.165) is 27.7 Å². The molecule has 0 saturated heterocycles. The molecule has 10 heteroatoms. The van der Waals surface area contributed by atoms with Gasteiger partial charge in [0.2, 0.25) is 0 Å². The van der Waals surface area contributed by atoms with Crippen molar-refractivity contribution in [3.8, 4) is 10.6 Å². The van der Waals surface area contributed by atoms with Gasteiger partial charge in [-0.15, -0.1) is 11.3 Å². The first-order chi connectivity index (χ1) is 13.3. The molecule has 2 aromatic heterocycles. The SMILES string of the molecule is Cc1nc(C)c(-c2ccc(=O)n(CCNC(=O)Nc3ccc(F)c(F)c3)n2)s1. The molecule has 0 atom stereocenters. The molecule has 0 spiro atoms. The van der Waals surface area contributed by atoms with Gasteiger partial charge in [-0.05, 0) is 32.0 Å². The van der Waals surface area contributed by atoms with Gasteiger partial charge in [0, 0.05) is 24.4 Å². The molecule has 28 heavy (non-hydrogen) atoms. The molecule has 3 rings (SSSR count). The van der Waals surface area contributed by atoms with E-state index in [1.165, 1.54) is 28.2 Å². The van der Waals surface area contributed by atoms with Gasteiger partial charge in [0.1, 0.15) is 5.69 Å². The average molecular weight is 405 g/mol. The summed E-state index contributed by atoms with van der Waals surface area (Å²) in [4.78, 5) is 29.1. The third-order valence-corrected chi connectivity index (χ3v) is 4.88. The van der Waals surface area contributed by atoms with Crippen LogP contribution in [0.25, 0.3) is 10.6 Å². The number of hydrogen-bond donors (Lipinski definition) is 2. The smallest absolute Gasteiger partial charge is 0.319 e. The van der Waals surface area contributed by atoms with Crippen LogP contribution in [0.1, 0.15) is 10.7 Å². The highest BCUT2D eigenvalue weighted by Crippen LogP contribution is 2.27. The maximum absolute atomic E-state index is 13.2. The summed E-state index contributed by atoms with van der Waals surface area (Å²) < 4.78 is 27.3. The summed E-state index contributed by atoms with van der Waals surface area (Å²) in [6, 6.07) is 5.49. The van der Waals surface area contributed by atoms with Gasteiger partial charge in [-0.25, -0.2) is 23.2 Å². The number of hydrogen-bond acceptors (Lipinski definition) is 5. The van der Waals surface area contributed by atoms with E-state index in [0.29, 0.717) is 5.69 Å². The normalized spacial score (nSPS) is 10.7. The quantitative estimate of drug-likeness (QED) is 0.683. The molecule has 2 amide bonds. The molecular weight excluding hydrogens is 388 g/mol. The first-order valence-corrected chi connectivity index (χ1v) is 9.17. The Hall–Kier alpha value is -3.14. The Bertz CT molecular complexity index is 1080. The lowest BCUT2D eigenvalue weighted by molar-refractivity contribution is 0.251. The Kier molecular flexibility index (Phi) is 5.78. The van der Waals surface area contributed by atoms with Crippen LogP contribution in [0.15, 0.2) is 35.1 Å². The van der Waals surface area contributed by atoms with Crippen LogP contribution in [-0.2, 0) is 6.54 Å². The summed E-state index contributed by atoms with van der Waals surface area (Å²) in [6.07, 6.45) is 0. The number of aryl methyl sites for hydroxylation is 2. The molecule has 2 heterocycles. The Morgan fingerprint density at radius 3 is 2.64 bits per heavy atom. The second kappa shape index (κ2) is 8.26. The molecule has 1 aromatic carbocycles. The van der Waals surface area contributed by atoms with Crippen LogP contribution in [0.2, 0.25) is 0 Å². The molecule has 0 saturated carbocycles. The zero-order valence-corrected chi connectivity index (χ0v) is 15.9. The minimum absolute atomic E-state index is 0.115. The lowest BCUT2D eigenvalue weighted by Gasteiger charge is -2.09. The van der Waals surface area contributed by atoms with Crippen molar-refractivity contribution in [3.63, 3.8) is 0 Å². The molecule has 0 aliphatic carbocycles. The maximum Gasteiger partial charge on any atom is 0.319 e. The Balaban J connectivity index is 1.62. The lowest BCUT2D eigenvalue weighted by Crippen LogP contribution is -2.34. The minimum Gasteiger partial charge on any atom is -0.336 e. The summed E-state index contributed by atoms with van der Waals surface area (Å²) in [5.74, 6) is -2.05. The molecule has 0 aliphatic rings. The van der Waals surface area contributed by atoms with Crippen molar-refractivity contribution in [3.05, 3.63) is 63.0 Å². The highest BCUT2D eigenvalue weighted by molar-refractivity contribution is 7.15. The molecule has 2 N–H and O–H groups in total. The van der Waals surface area contributed by atoms with Crippen LogP contribution in [0, 0.1) is 25.5 Å². The first-order valence-electron chi connectivity index (χ1n) is 8.36. The zero-order valence-electron chi connectivity index (χ0n) is 15.1. The predicted octanol–water partition coefficient (Wildman–Crippen LogP) is 3.08. The Morgan fingerprint density at radius 2 is 1.96 bits per heavy atom. The fourth-order valence-corrected chi connectivity index (χ4v) is 3.41. The van der Waals surface area contributed by atoms with E-state index in [1.54, 1.807) is 6.07 Å². The number of thiazole rings is 1. The molecule has 0 radical (unpaired) electrons. The van der Waals surface area contributed by atoms with E-state index in [2.05, 4.69) is 20.7 Å². The highest BCUT2D eigenvalue weighted by atomic mass is 32.1. The van der Waals surface area contributed by atoms with Crippen LogP contribution in [0.5, 0.6) is 0 Å². The van der Waals surface area contributed by atoms with Crippen LogP contribution >= 0.6 is 11.3 Å². The number of nitrogens with zero attached hydrogens (tertiary/aromatic N) is 3. The standard InChI is InChI=1S/C18H17F2N5O2S/c1-10-17(28-11(2)22-10)15-5-6-16(26)25(24-15)8-7-21-18(27)23-12-3-4-13(19)14(20)9-12/h3-6,9H,7-8H2,1-2H3,(H2,21,23,27). The number of aromatic nitrogens is 3. The second-order valence-corrected chi connectivity index (χ2v) is 7.14. The monoisotopic (exact) mass is 405 g/mol. The van der Waals surface area contributed by atoms with Crippen molar-refractivity contribution in [2.75, 3.05) is 11.9 Å². The van der Waals surface area contributed by atoms with Crippen LogP contribution < -0.4 is 16.2 Å². The summed E-state index contributed by atoms with van der Waals surface area (Å²) in [5.41, 5.74) is 1.29. The number of rotatable bonds is 5. The van der Waals surface area contributed by atoms with Crippen molar-refractivity contribution < 1.29 is 13.6 Å². The predicted molar refractivity (Wildman–Crippen MR) is 102 cm³/mol. The van der Waals surface area contributed by atoms with E-state index in [1.807, 2.05) is 13.8 Å². The van der Waals surface area contributed by atoms with Gasteiger partial charge in [-0.2, -0.15) is 5.10 Å². The van der Waals surface area contributed by atoms with Gasteiger partial charge in [0.25, 0.3) is 5.56 Å². The summed E-state index contributed by atoms with van der Waals surface area (Å²) in [5, 5.41) is 10.2. The number of nitrogens with one attached hydrogen (secondary N) is 2. The highest BCUT2D eigenvalue weighted by Gasteiger charge is 2.11. The summed E-state index contributed by atoms with van der Waals surface area (Å²) >= 11 is 1.49. The van der Waals surface area contributed by atoms with E-state index in [-0.39, 0.29) is 24.3 Å². The molecule has 0 fully saturated rings. The molecular formula is C18H17F2N5O2S. The molecule has 7 nitrogen and oxygen atoms in total. The largest absolute Gasteiger partial charge is 0.336 e. The maximum atomic E-state index is 13.2. The van der Waals surface area contributed by atoms with E-state index in [4.69, 9.17) is 0 Å². The van der Waals surface area contributed by atoms with Gasteiger partial charge >= 0.3 is 6.03 Å². The number of urea groups is 1. The topological polar surface area (TPSA) is 88.9 Å². The van der Waals surface area contributed by atoms with Crippen LogP contribution in [0.3, 0.4) is 0 Å². The van der Waals surface area contributed by atoms with Gasteiger partial charge in [-0.3, -0.25) is 4.79 Å². The number of benzene rings is 1. The minimum atomic E-state index is -1.06. The van der Waals surface area contributed by atoms with Crippen molar-refractivity contribution in [1.29, 1.82) is 0 Å². The van der Waals surface area contributed by atoms with Gasteiger partial charge < -0.3 is 10.6 Å². The number of anilines is 1. The first kappa shape index (κ1) is 19.6. The third kappa shape index (κ3) is 4.58. The zero-order chi connectivity index (χ0) is 20.3. The number of carbonyl (C=O) groups is 1. The molecule has 146 valence electrons. The fourth-order valence-electron chi connectivity index (χ4n) is 2.52. The lowest BCUT2D eigenvalue weighted by atomic mass is 10.3. The average Bonchev–Trinajstić information content (AvgIpc) is 2.98. The van der Waals surface area contributed by atoms with Gasteiger partial charge in [0.05, 0.1) is 22.1 Å². The Morgan fingerprint density at radius 1 is 1.18 bits per heavy atom. The van der Waals surface area contributed by atoms with Crippen molar-refractivity contribution >= 4 is 23.1 Å². The number of halogens is 2. The number of amides is 2. The van der Waals surface area contributed by atoms with E-state index < -0.39 is 17.7 Å². The van der Waals surface area contributed by atoms with Crippen molar-refractivity contribution in [2.45, 2.75) is 20.4 Å². The van der Waals surface area contributed by atoms with Crippen molar-refractivity contribution in [2.24, 2.45) is 0 Å². The fraction of sp³-hybridized carbons (Fsp3) is 0.222. The molecule has 0 bridgehead atoms. The van der Waals surface area contributed by atoms with Gasteiger partial charge in [0.15, 0.2) is 11.6 Å². The molecule has 0 unspecified atom stereocenters.